The first-order chi connectivity index (χ1) is 11.0. The van der Waals surface area contributed by atoms with Gasteiger partial charge in [-0.25, -0.2) is 9.82 Å². The number of hydrogen-bond acceptors (Lipinski definition) is 3. The third-order valence-electron chi connectivity index (χ3n) is 3.47. The van der Waals surface area contributed by atoms with Crippen LogP contribution in [-0.2, 0) is 4.79 Å². The fraction of sp³-hybridized carbons (Fsp3) is 0.222. The van der Waals surface area contributed by atoms with Crippen molar-refractivity contribution in [1.29, 1.82) is 0 Å². The molecule has 23 heavy (non-hydrogen) atoms. The molecule has 1 N–H and O–H groups in total. The van der Waals surface area contributed by atoms with E-state index in [2.05, 4.69) is 10.5 Å². The summed E-state index contributed by atoms with van der Waals surface area (Å²) in [5.74, 6) is -0.913. The van der Waals surface area contributed by atoms with E-state index in [4.69, 9.17) is 4.74 Å². The average molecular weight is 314 g/mol. The van der Waals surface area contributed by atoms with E-state index in [1.54, 1.807) is 12.1 Å². The monoisotopic (exact) mass is 314 g/mol. The molecule has 2 aromatic rings. The number of halogens is 1. The number of para-hydroxylation sites is 1. The Morgan fingerprint density at radius 2 is 1.91 bits per heavy atom. The lowest BCUT2D eigenvalue weighted by molar-refractivity contribution is -0.123. The number of aryl methyl sites for hydroxylation is 2. The van der Waals surface area contributed by atoms with Crippen LogP contribution in [0.3, 0.4) is 0 Å². The Morgan fingerprint density at radius 1 is 1.17 bits per heavy atom. The molecule has 0 aromatic heterocycles. The largest absolute Gasteiger partial charge is 0.481 e. The number of hydrazone groups is 1. The predicted octanol–water partition coefficient (Wildman–Crippen LogP) is 3.36. The number of nitrogens with zero attached hydrogens (tertiary/aromatic N) is 1. The van der Waals surface area contributed by atoms with Crippen LogP contribution in [0.1, 0.15) is 23.6 Å². The minimum Gasteiger partial charge on any atom is -0.481 e. The molecule has 0 saturated heterocycles. The second kappa shape index (κ2) is 7.54. The zero-order valence-corrected chi connectivity index (χ0v) is 13.4. The maximum absolute atomic E-state index is 13.4. The lowest BCUT2D eigenvalue weighted by atomic mass is 10.0. The van der Waals surface area contributed by atoms with Crippen LogP contribution in [0.15, 0.2) is 47.6 Å². The summed E-state index contributed by atoms with van der Waals surface area (Å²) in [6, 6.07) is 11.9. The summed E-state index contributed by atoms with van der Waals surface area (Å²) in [7, 11) is 0. The number of nitrogens with one attached hydrogen (secondary N) is 1. The molecule has 120 valence electrons. The highest BCUT2D eigenvalue weighted by Gasteiger charge is 2.06. The van der Waals surface area contributed by atoms with Gasteiger partial charge in [0.25, 0.3) is 5.91 Å². The van der Waals surface area contributed by atoms with Gasteiger partial charge < -0.3 is 4.74 Å². The van der Waals surface area contributed by atoms with Crippen molar-refractivity contribution in [2.45, 2.75) is 20.8 Å². The molecule has 0 heterocycles. The van der Waals surface area contributed by atoms with Gasteiger partial charge in [-0.1, -0.05) is 24.3 Å². The first-order valence-corrected chi connectivity index (χ1v) is 7.25. The minimum atomic E-state index is -0.505. The summed E-state index contributed by atoms with van der Waals surface area (Å²) in [4.78, 5) is 11.7. The van der Waals surface area contributed by atoms with Crippen LogP contribution < -0.4 is 10.2 Å². The molecule has 0 saturated carbocycles. The first-order valence-electron chi connectivity index (χ1n) is 7.25. The molecule has 0 spiro atoms. The maximum Gasteiger partial charge on any atom is 0.277 e. The van der Waals surface area contributed by atoms with Gasteiger partial charge in [0.05, 0.1) is 5.71 Å². The molecule has 0 aliphatic carbocycles. The van der Waals surface area contributed by atoms with Crippen LogP contribution in [0.25, 0.3) is 0 Å². The van der Waals surface area contributed by atoms with Gasteiger partial charge in [-0.3, -0.25) is 4.79 Å². The molecule has 0 aliphatic rings. The molecule has 0 atom stereocenters. The number of amides is 1. The van der Waals surface area contributed by atoms with Gasteiger partial charge in [0.1, 0.15) is 0 Å². The molecular weight excluding hydrogens is 295 g/mol. The van der Waals surface area contributed by atoms with E-state index in [0.29, 0.717) is 5.71 Å². The van der Waals surface area contributed by atoms with Crippen LogP contribution in [0.2, 0.25) is 0 Å². The van der Waals surface area contributed by atoms with Crippen LogP contribution in [0, 0.1) is 19.7 Å². The molecule has 0 aliphatic heterocycles. The normalized spacial score (nSPS) is 11.2. The maximum atomic E-state index is 13.4. The topological polar surface area (TPSA) is 50.7 Å². The average Bonchev–Trinajstić information content (AvgIpc) is 2.54. The van der Waals surface area contributed by atoms with Gasteiger partial charge in [0, 0.05) is 0 Å². The van der Waals surface area contributed by atoms with E-state index in [-0.39, 0.29) is 12.4 Å². The van der Waals surface area contributed by atoms with Gasteiger partial charge in [0.15, 0.2) is 18.2 Å². The van der Waals surface area contributed by atoms with Gasteiger partial charge in [-0.15, -0.1) is 0 Å². The van der Waals surface area contributed by atoms with Gasteiger partial charge >= 0.3 is 0 Å². The number of rotatable bonds is 5. The fourth-order valence-electron chi connectivity index (χ4n) is 1.91. The molecule has 2 rings (SSSR count). The van der Waals surface area contributed by atoms with E-state index >= 15 is 0 Å². The quantitative estimate of drug-likeness (QED) is 0.679. The van der Waals surface area contributed by atoms with Gasteiger partial charge in [-0.2, -0.15) is 5.10 Å². The summed E-state index contributed by atoms with van der Waals surface area (Å²) in [5.41, 5.74) is 6.38. The van der Waals surface area contributed by atoms with Crippen molar-refractivity contribution < 1.29 is 13.9 Å². The Bertz CT molecular complexity index is 742. The fourth-order valence-corrected chi connectivity index (χ4v) is 1.91. The standard InChI is InChI=1S/C18H19FN2O2/c1-12-8-9-15(10-13(12)2)14(3)20-21-18(22)11-23-17-7-5-4-6-16(17)19/h4-10H,11H2,1-3H3,(H,21,22)/b20-14+. The molecule has 0 radical (unpaired) electrons. The first kappa shape index (κ1) is 16.7. The Kier molecular flexibility index (Phi) is 5.46. The molecule has 5 heteroatoms. The lowest BCUT2D eigenvalue weighted by Gasteiger charge is -2.07. The predicted molar refractivity (Wildman–Crippen MR) is 88.2 cm³/mol. The summed E-state index contributed by atoms with van der Waals surface area (Å²) >= 11 is 0. The summed E-state index contributed by atoms with van der Waals surface area (Å²) in [6.07, 6.45) is 0. The van der Waals surface area contributed by atoms with Crippen molar-refractivity contribution in [2.75, 3.05) is 6.61 Å². The molecular formula is C18H19FN2O2. The third-order valence-corrected chi connectivity index (χ3v) is 3.47. The number of ether oxygens (including phenoxy) is 1. The second-order valence-corrected chi connectivity index (χ2v) is 5.25. The van der Waals surface area contributed by atoms with E-state index < -0.39 is 11.7 Å². The highest BCUT2D eigenvalue weighted by molar-refractivity contribution is 5.99. The molecule has 0 fully saturated rings. The third kappa shape index (κ3) is 4.64. The molecule has 0 bridgehead atoms. The van der Waals surface area contributed by atoms with Crippen molar-refractivity contribution in [1.82, 2.24) is 5.43 Å². The van der Waals surface area contributed by atoms with Gasteiger partial charge in [-0.05, 0) is 55.7 Å². The van der Waals surface area contributed by atoms with Crippen molar-refractivity contribution >= 4 is 11.6 Å². The van der Waals surface area contributed by atoms with Crippen molar-refractivity contribution in [3.63, 3.8) is 0 Å². The van der Waals surface area contributed by atoms with Crippen molar-refractivity contribution in [3.05, 3.63) is 65.0 Å². The molecule has 1 amide bonds. The van der Waals surface area contributed by atoms with E-state index in [0.717, 1.165) is 11.1 Å². The highest BCUT2D eigenvalue weighted by Crippen LogP contribution is 2.15. The van der Waals surface area contributed by atoms with E-state index in [1.807, 2.05) is 39.0 Å². The lowest BCUT2D eigenvalue weighted by Crippen LogP contribution is -2.25. The van der Waals surface area contributed by atoms with Crippen LogP contribution in [-0.4, -0.2) is 18.2 Å². The smallest absolute Gasteiger partial charge is 0.277 e. The van der Waals surface area contributed by atoms with Gasteiger partial charge in [0.2, 0.25) is 0 Å². The zero-order valence-electron chi connectivity index (χ0n) is 13.4. The molecule has 4 nitrogen and oxygen atoms in total. The number of carbonyl (C=O) groups is 1. The van der Waals surface area contributed by atoms with Crippen LogP contribution in [0.5, 0.6) is 5.75 Å². The minimum absolute atomic E-state index is 0.0394. The Hall–Kier alpha value is -2.69. The molecule has 0 unspecified atom stereocenters. The van der Waals surface area contributed by atoms with E-state index in [1.165, 1.54) is 17.7 Å². The van der Waals surface area contributed by atoms with E-state index in [9.17, 15) is 9.18 Å². The number of benzene rings is 2. The van der Waals surface area contributed by atoms with Crippen molar-refractivity contribution in [3.8, 4) is 5.75 Å². The summed E-state index contributed by atoms with van der Waals surface area (Å²) in [6.45, 7) is 5.56. The number of hydrogen-bond donors (Lipinski definition) is 1. The van der Waals surface area contributed by atoms with Crippen LogP contribution >= 0.6 is 0 Å². The second-order valence-electron chi connectivity index (χ2n) is 5.25. The Morgan fingerprint density at radius 3 is 2.61 bits per heavy atom. The van der Waals surface area contributed by atoms with Crippen molar-refractivity contribution in [2.24, 2.45) is 5.10 Å². The SMILES string of the molecule is C/C(=N\NC(=O)COc1ccccc1F)c1ccc(C)c(C)c1. The number of carbonyl (C=O) groups excluding carboxylic acids is 1. The molecule has 2 aromatic carbocycles. The summed E-state index contributed by atoms with van der Waals surface area (Å²) < 4.78 is 18.5. The Labute approximate surface area is 135 Å². The van der Waals surface area contributed by atoms with Crippen LogP contribution in [0.4, 0.5) is 4.39 Å². The summed E-state index contributed by atoms with van der Waals surface area (Å²) in [5, 5.41) is 4.04. The Balaban J connectivity index is 1.92. The zero-order chi connectivity index (χ0) is 16.8. The highest BCUT2D eigenvalue weighted by atomic mass is 19.1.